The molecule has 0 heterocycles. The van der Waals surface area contributed by atoms with Crippen LogP contribution >= 0.6 is 23.2 Å². The van der Waals surface area contributed by atoms with Gasteiger partial charge in [0.25, 0.3) is 0 Å². The molecule has 1 aromatic rings. The van der Waals surface area contributed by atoms with Gasteiger partial charge >= 0.3 is 0 Å². The Morgan fingerprint density at radius 3 is 2.75 bits per heavy atom. The molecule has 66 valence electrons. The van der Waals surface area contributed by atoms with Crippen molar-refractivity contribution in [2.24, 2.45) is 0 Å². The van der Waals surface area contributed by atoms with Gasteiger partial charge in [0.15, 0.2) is 0 Å². The minimum Gasteiger partial charge on any atom is -0.361 e. The Morgan fingerprint density at radius 1 is 1.42 bits per heavy atom. The van der Waals surface area contributed by atoms with E-state index in [9.17, 15) is 4.39 Å². The molecule has 0 saturated carbocycles. The molecular formula is C8H7Cl2FO. The predicted molar refractivity (Wildman–Crippen MR) is 46.9 cm³/mol. The summed E-state index contributed by atoms with van der Waals surface area (Å²) in [5.41, 5.74) is 0.458. The molecule has 0 spiro atoms. The fourth-order valence-electron chi connectivity index (χ4n) is 0.787. The number of hydrogen-bond acceptors (Lipinski definition) is 1. The van der Waals surface area contributed by atoms with Gasteiger partial charge in [-0.15, -0.1) is 0 Å². The van der Waals surface area contributed by atoms with E-state index in [4.69, 9.17) is 27.9 Å². The quantitative estimate of drug-likeness (QED) is 0.694. The molecule has 0 aliphatic heterocycles. The van der Waals surface area contributed by atoms with Gasteiger partial charge < -0.3 is 4.74 Å². The molecule has 0 radical (unpaired) electrons. The van der Waals surface area contributed by atoms with Crippen LogP contribution in [0.2, 0.25) is 5.02 Å². The van der Waals surface area contributed by atoms with Crippen LogP contribution in [0, 0.1) is 5.82 Å². The second kappa shape index (κ2) is 4.65. The van der Waals surface area contributed by atoms with Gasteiger partial charge in [0.05, 0.1) is 6.61 Å². The number of alkyl halides is 1. The van der Waals surface area contributed by atoms with E-state index in [1.54, 1.807) is 12.1 Å². The van der Waals surface area contributed by atoms with E-state index in [1.165, 1.54) is 6.07 Å². The fraction of sp³-hybridized carbons (Fsp3) is 0.250. The smallest absolute Gasteiger partial charge is 0.130 e. The normalized spacial score (nSPS) is 10.2. The highest BCUT2D eigenvalue weighted by molar-refractivity contribution is 6.30. The molecule has 0 atom stereocenters. The van der Waals surface area contributed by atoms with Crippen molar-refractivity contribution in [1.82, 2.24) is 0 Å². The van der Waals surface area contributed by atoms with Crippen LogP contribution in [0.5, 0.6) is 0 Å². The van der Waals surface area contributed by atoms with Gasteiger partial charge in [-0.3, -0.25) is 0 Å². The summed E-state index contributed by atoms with van der Waals surface area (Å²) in [6, 6.07) is 4.48. The lowest BCUT2D eigenvalue weighted by Gasteiger charge is -2.02. The van der Waals surface area contributed by atoms with Gasteiger partial charge in [0.1, 0.15) is 11.9 Å². The molecule has 0 aliphatic carbocycles. The van der Waals surface area contributed by atoms with Crippen LogP contribution in [0.15, 0.2) is 18.2 Å². The Labute approximate surface area is 80.0 Å². The maximum atomic E-state index is 13.0. The van der Waals surface area contributed by atoms with E-state index in [0.717, 1.165) is 0 Å². The number of rotatable bonds is 3. The van der Waals surface area contributed by atoms with E-state index in [2.05, 4.69) is 0 Å². The van der Waals surface area contributed by atoms with Crippen LogP contribution in [0.25, 0.3) is 0 Å². The summed E-state index contributed by atoms with van der Waals surface area (Å²) in [5, 5.41) is 0.377. The van der Waals surface area contributed by atoms with Gasteiger partial charge in [-0.05, 0) is 12.1 Å². The SMILES string of the molecule is Fc1cc(Cl)ccc1COCCl. The molecule has 0 bridgehead atoms. The van der Waals surface area contributed by atoms with E-state index in [-0.39, 0.29) is 18.5 Å². The first-order valence-electron chi connectivity index (χ1n) is 3.31. The molecular weight excluding hydrogens is 202 g/mol. The minimum absolute atomic E-state index is 0.0576. The number of ether oxygens (including phenoxy) is 1. The van der Waals surface area contributed by atoms with Crippen molar-refractivity contribution in [1.29, 1.82) is 0 Å². The first-order chi connectivity index (χ1) is 5.74. The van der Waals surface area contributed by atoms with Gasteiger partial charge in [0, 0.05) is 10.6 Å². The van der Waals surface area contributed by atoms with Gasteiger partial charge in [-0.2, -0.15) is 0 Å². The third-order valence-corrected chi connectivity index (χ3v) is 1.74. The second-order valence-corrected chi connectivity index (χ2v) is 2.85. The Hall–Kier alpha value is -0.310. The van der Waals surface area contributed by atoms with E-state index < -0.39 is 0 Å². The third-order valence-electron chi connectivity index (χ3n) is 1.35. The zero-order valence-corrected chi connectivity index (χ0v) is 7.70. The number of benzene rings is 1. The Morgan fingerprint density at radius 2 is 2.17 bits per heavy atom. The Balaban J connectivity index is 2.72. The summed E-state index contributed by atoms with van der Waals surface area (Å²) in [4.78, 5) is 0. The van der Waals surface area contributed by atoms with Gasteiger partial charge in [-0.1, -0.05) is 29.3 Å². The molecule has 1 aromatic carbocycles. The lowest BCUT2D eigenvalue weighted by Crippen LogP contribution is -1.93. The van der Waals surface area contributed by atoms with Crippen molar-refractivity contribution in [2.75, 3.05) is 6.07 Å². The Bertz CT molecular complexity index is 265. The van der Waals surface area contributed by atoms with Crippen LogP contribution in [-0.2, 0) is 11.3 Å². The third kappa shape index (κ3) is 2.63. The summed E-state index contributed by atoms with van der Waals surface area (Å²) in [6.07, 6.45) is 0. The summed E-state index contributed by atoms with van der Waals surface area (Å²) >= 11 is 10.8. The van der Waals surface area contributed by atoms with Crippen molar-refractivity contribution in [3.63, 3.8) is 0 Å². The molecule has 0 saturated heterocycles. The highest BCUT2D eigenvalue weighted by atomic mass is 35.5. The van der Waals surface area contributed by atoms with Crippen LogP contribution < -0.4 is 0 Å². The van der Waals surface area contributed by atoms with E-state index in [0.29, 0.717) is 10.6 Å². The zero-order valence-electron chi connectivity index (χ0n) is 6.19. The van der Waals surface area contributed by atoms with Crippen LogP contribution in [0.4, 0.5) is 4.39 Å². The molecule has 1 nitrogen and oxygen atoms in total. The lowest BCUT2D eigenvalue weighted by molar-refractivity contribution is 0.162. The van der Waals surface area contributed by atoms with Crippen molar-refractivity contribution in [2.45, 2.75) is 6.61 Å². The van der Waals surface area contributed by atoms with Crippen LogP contribution in [-0.4, -0.2) is 6.07 Å². The average molecular weight is 209 g/mol. The van der Waals surface area contributed by atoms with E-state index >= 15 is 0 Å². The van der Waals surface area contributed by atoms with Crippen molar-refractivity contribution >= 4 is 23.2 Å². The largest absolute Gasteiger partial charge is 0.361 e. The van der Waals surface area contributed by atoms with Crippen molar-refractivity contribution < 1.29 is 9.13 Å². The molecule has 0 unspecified atom stereocenters. The molecule has 4 heteroatoms. The average Bonchev–Trinajstić information content (AvgIpc) is 2.03. The topological polar surface area (TPSA) is 9.23 Å². The standard InChI is InChI=1S/C8H7Cl2FO/c9-5-12-4-6-1-2-7(10)3-8(6)11/h1-3H,4-5H2. The van der Waals surface area contributed by atoms with Crippen molar-refractivity contribution in [3.8, 4) is 0 Å². The van der Waals surface area contributed by atoms with Crippen LogP contribution in [0.1, 0.15) is 5.56 Å². The van der Waals surface area contributed by atoms with Gasteiger partial charge in [-0.25, -0.2) is 4.39 Å². The summed E-state index contributed by atoms with van der Waals surface area (Å²) in [7, 11) is 0. The summed E-state index contributed by atoms with van der Waals surface area (Å²) in [5.74, 6) is -0.368. The number of hydrogen-bond donors (Lipinski definition) is 0. The Kier molecular flexibility index (Phi) is 3.79. The molecule has 0 N–H and O–H groups in total. The minimum atomic E-state index is -0.368. The monoisotopic (exact) mass is 208 g/mol. The summed E-state index contributed by atoms with van der Waals surface area (Å²) < 4.78 is 17.8. The van der Waals surface area contributed by atoms with Crippen LogP contribution in [0.3, 0.4) is 0 Å². The number of halogens is 3. The highest BCUT2D eigenvalue weighted by Crippen LogP contribution is 2.15. The second-order valence-electron chi connectivity index (χ2n) is 2.19. The maximum absolute atomic E-state index is 13.0. The molecule has 1 rings (SSSR count). The molecule has 0 aromatic heterocycles. The molecule has 0 fully saturated rings. The maximum Gasteiger partial charge on any atom is 0.130 e. The van der Waals surface area contributed by atoms with Crippen molar-refractivity contribution in [3.05, 3.63) is 34.6 Å². The fourth-order valence-corrected chi connectivity index (χ4v) is 1.02. The summed E-state index contributed by atoms with van der Waals surface area (Å²) in [6.45, 7) is 0.173. The predicted octanol–water partition coefficient (Wildman–Crippen LogP) is 3.19. The zero-order chi connectivity index (χ0) is 8.97. The van der Waals surface area contributed by atoms with E-state index in [1.807, 2.05) is 0 Å². The molecule has 12 heavy (non-hydrogen) atoms. The molecule has 0 amide bonds. The van der Waals surface area contributed by atoms with Gasteiger partial charge in [0.2, 0.25) is 0 Å². The highest BCUT2D eigenvalue weighted by Gasteiger charge is 2.01. The first kappa shape index (κ1) is 9.78. The molecule has 0 aliphatic rings. The first-order valence-corrected chi connectivity index (χ1v) is 4.23. The lowest BCUT2D eigenvalue weighted by atomic mass is 10.2.